The summed E-state index contributed by atoms with van der Waals surface area (Å²) in [7, 11) is 0. The number of esters is 1. The van der Waals surface area contributed by atoms with Crippen molar-refractivity contribution in [1.82, 2.24) is 0 Å². The fraction of sp³-hybridized carbons (Fsp3) is 0.370. The molecule has 0 spiro atoms. The highest BCUT2D eigenvalue weighted by Gasteiger charge is 2.10. The van der Waals surface area contributed by atoms with Crippen LogP contribution >= 0.6 is 0 Å². The molecule has 0 aliphatic carbocycles. The van der Waals surface area contributed by atoms with Crippen molar-refractivity contribution in [2.75, 3.05) is 26.4 Å². The zero-order valence-corrected chi connectivity index (χ0v) is 18.6. The molecule has 0 bridgehead atoms. The lowest BCUT2D eigenvalue weighted by Gasteiger charge is -2.14. The molecule has 31 heavy (non-hydrogen) atoms. The van der Waals surface area contributed by atoms with Gasteiger partial charge in [-0.2, -0.15) is 0 Å². The van der Waals surface area contributed by atoms with Gasteiger partial charge in [0.15, 0.2) is 0 Å². The van der Waals surface area contributed by atoms with Crippen molar-refractivity contribution in [2.24, 2.45) is 0 Å². The SMILES string of the molecule is C=C(C)C(=O)OCCOCCOc1c2ccccc2cc2ccc(CCCCC)cc12. The third kappa shape index (κ3) is 6.31. The molecule has 0 unspecified atom stereocenters. The quantitative estimate of drug-likeness (QED) is 0.151. The van der Waals surface area contributed by atoms with Crippen LogP contribution in [0.3, 0.4) is 0 Å². The Morgan fingerprint density at radius 2 is 1.68 bits per heavy atom. The molecule has 3 aromatic carbocycles. The second-order valence-corrected chi connectivity index (χ2v) is 7.82. The maximum Gasteiger partial charge on any atom is 0.333 e. The highest BCUT2D eigenvalue weighted by atomic mass is 16.6. The predicted molar refractivity (Wildman–Crippen MR) is 127 cm³/mol. The summed E-state index contributed by atoms with van der Waals surface area (Å²) in [5.74, 6) is 0.513. The van der Waals surface area contributed by atoms with Gasteiger partial charge in [0.1, 0.15) is 19.0 Å². The fourth-order valence-electron chi connectivity index (χ4n) is 3.58. The van der Waals surface area contributed by atoms with Gasteiger partial charge in [-0.3, -0.25) is 0 Å². The van der Waals surface area contributed by atoms with Crippen molar-refractivity contribution in [2.45, 2.75) is 39.5 Å². The van der Waals surface area contributed by atoms with E-state index in [1.165, 1.54) is 30.2 Å². The maximum atomic E-state index is 11.4. The lowest BCUT2D eigenvalue weighted by Crippen LogP contribution is -2.14. The molecule has 0 aliphatic rings. The minimum atomic E-state index is -0.392. The van der Waals surface area contributed by atoms with E-state index in [4.69, 9.17) is 14.2 Å². The third-order valence-electron chi connectivity index (χ3n) is 5.23. The number of fused-ring (bicyclic) bond motifs is 2. The van der Waals surface area contributed by atoms with Gasteiger partial charge in [0.2, 0.25) is 0 Å². The lowest BCUT2D eigenvalue weighted by atomic mass is 9.98. The Morgan fingerprint density at radius 3 is 2.48 bits per heavy atom. The van der Waals surface area contributed by atoms with Crippen LogP contribution < -0.4 is 4.74 Å². The molecular weight excluding hydrogens is 388 g/mol. The molecule has 0 aromatic heterocycles. The van der Waals surface area contributed by atoms with E-state index in [-0.39, 0.29) is 6.61 Å². The monoisotopic (exact) mass is 420 g/mol. The number of aryl methyl sites for hydroxylation is 1. The smallest absolute Gasteiger partial charge is 0.333 e. The number of rotatable bonds is 12. The predicted octanol–water partition coefficient (Wildman–Crippen LogP) is 6.24. The minimum Gasteiger partial charge on any atom is -0.490 e. The number of carbonyl (C=O) groups is 1. The van der Waals surface area contributed by atoms with Crippen LogP contribution in [0.5, 0.6) is 5.75 Å². The number of ether oxygens (including phenoxy) is 3. The number of hydrogen-bond acceptors (Lipinski definition) is 4. The molecule has 0 amide bonds. The van der Waals surface area contributed by atoms with Crippen molar-refractivity contribution in [3.05, 3.63) is 66.2 Å². The Morgan fingerprint density at radius 1 is 0.903 bits per heavy atom. The second kappa shape index (κ2) is 11.5. The largest absolute Gasteiger partial charge is 0.490 e. The molecule has 0 saturated heterocycles. The van der Waals surface area contributed by atoms with Crippen LogP contribution in [0.4, 0.5) is 0 Å². The average molecular weight is 421 g/mol. The van der Waals surface area contributed by atoms with E-state index >= 15 is 0 Å². The van der Waals surface area contributed by atoms with Crippen molar-refractivity contribution >= 4 is 27.5 Å². The molecule has 0 atom stereocenters. The van der Waals surface area contributed by atoms with Crippen LogP contribution in [-0.2, 0) is 20.7 Å². The zero-order chi connectivity index (χ0) is 22.1. The summed E-state index contributed by atoms with van der Waals surface area (Å²) in [4.78, 5) is 11.4. The molecule has 0 aliphatic heterocycles. The number of carbonyl (C=O) groups excluding carboxylic acids is 1. The van der Waals surface area contributed by atoms with Gasteiger partial charge in [0.05, 0.1) is 13.2 Å². The highest BCUT2D eigenvalue weighted by molar-refractivity contribution is 6.05. The van der Waals surface area contributed by atoms with E-state index in [1.807, 2.05) is 12.1 Å². The summed E-state index contributed by atoms with van der Waals surface area (Å²) in [6, 6.07) is 17.2. The first-order chi connectivity index (χ1) is 15.1. The van der Waals surface area contributed by atoms with Gasteiger partial charge in [0, 0.05) is 16.3 Å². The molecule has 4 heteroatoms. The van der Waals surface area contributed by atoms with Gasteiger partial charge in [-0.15, -0.1) is 0 Å². The Balaban J connectivity index is 1.68. The van der Waals surface area contributed by atoms with Crippen molar-refractivity contribution in [3.63, 3.8) is 0 Å². The molecule has 3 rings (SSSR count). The van der Waals surface area contributed by atoms with Crippen LogP contribution in [0, 0.1) is 0 Å². The molecule has 0 N–H and O–H groups in total. The lowest BCUT2D eigenvalue weighted by molar-refractivity contribution is -0.140. The van der Waals surface area contributed by atoms with Crippen molar-refractivity contribution in [3.8, 4) is 5.75 Å². The molecule has 4 nitrogen and oxygen atoms in total. The van der Waals surface area contributed by atoms with Crippen LogP contribution in [0.25, 0.3) is 21.5 Å². The normalized spacial score (nSPS) is 11.0. The van der Waals surface area contributed by atoms with Gasteiger partial charge in [-0.1, -0.05) is 62.7 Å². The first-order valence-corrected chi connectivity index (χ1v) is 11.1. The zero-order valence-electron chi connectivity index (χ0n) is 18.6. The first kappa shape index (κ1) is 22.8. The number of benzene rings is 3. The van der Waals surface area contributed by atoms with Gasteiger partial charge in [-0.25, -0.2) is 4.79 Å². The van der Waals surface area contributed by atoms with Gasteiger partial charge < -0.3 is 14.2 Å². The second-order valence-electron chi connectivity index (χ2n) is 7.82. The van der Waals surface area contributed by atoms with Crippen molar-refractivity contribution in [1.29, 1.82) is 0 Å². The fourth-order valence-corrected chi connectivity index (χ4v) is 3.58. The van der Waals surface area contributed by atoms with E-state index in [0.717, 1.165) is 28.3 Å². The average Bonchev–Trinajstić information content (AvgIpc) is 2.77. The first-order valence-electron chi connectivity index (χ1n) is 11.1. The maximum absolute atomic E-state index is 11.4. The Hall–Kier alpha value is -2.85. The van der Waals surface area contributed by atoms with Crippen LogP contribution in [0.1, 0.15) is 38.7 Å². The molecule has 0 heterocycles. The Kier molecular flexibility index (Phi) is 8.48. The highest BCUT2D eigenvalue weighted by Crippen LogP contribution is 2.35. The summed E-state index contributed by atoms with van der Waals surface area (Å²) in [5, 5.41) is 4.59. The standard InChI is InChI=1S/C27H32O4/c1-4-5-6-9-21-12-13-23-19-22-10-7-8-11-24(22)26(25(23)18-21)30-16-14-29-15-17-31-27(28)20(2)3/h7-8,10-13,18-19H,2,4-6,9,14-17H2,1,3H3. The summed E-state index contributed by atoms with van der Waals surface area (Å²) < 4.78 is 16.8. The van der Waals surface area contributed by atoms with E-state index < -0.39 is 5.97 Å². The van der Waals surface area contributed by atoms with Gasteiger partial charge >= 0.3 is 5.97 Å². The van der Waals surface area contributed by atoms with Crippen molar-refractivity contribution < 1.29 is 19.0 Å². The minimum absolute atomic E-state index is 0.212. The number of hydrogen-bond donors (Lipinski definition) is 0. The molecule has 164 valence electrons. The van der Waals surface area contributed by atoms with Crippen LogP contribution in [0.15, 0.2) is 60.7 Å². The topological polar surface area (TPSA) is 44.8 Å². The Bertz CT molecular complexity index is 1040. The molecule has 0 saturated carbocycles. The molecule has 0 fully saturated rings. The summed E-state index contributed by atoms with van der Waals surface area (Å²) in [6.07, 6.45) is 4.76. The van der Waals surface area contributed by atoms with E-state index in [9.17, 15) is 4.79 Å². The van der Waals surface area contributed by atoms with Gasteiger partial charge in [-0.05, 0) is 48.2 Å². The third-order valence-corrected chi connectivity index (χ3v) is 5.23. The summed E-state index contributed by atoms with van der Waals surface area (Å²) in [5.41, 5.74) is 1.73. The number of unbranched alkanes of at least 4 members (excludes halogenated alkanes) is 2. The van der Waals surface area contributed by atoms with E-state index in [0.29, 0.717) is 25.4 Å². The summed E-state index contributed by atoms with van der Waals surface area (Å²) in [6.45, 7) is 8.81. The molecular formula is C27H32O4. The van der Waals surface area contributed by atoms with E-state index in [1.54, 1.807) is 6.92 Å². The molecule has 0 radical (unpaired) electrons. The molecule has 3 aromatic rings. The summed E-state index contributed by atoms with van der Waals surface area (Å²) >= 11 is 0. The Labute approximate surface area is 184 Å². The van der Waals surface area contributed by atoms with Crippen LogP contribution in [0.2, 0.25) is 0 Å². The van der Waals surface area contributed by atoms with E-state index in [2.05, 4.69) is 49.9 Å². The van der Waals surface area contributed by atoms with Gasteiger partial charge in [0.25, 0.3) is 0 Å². The van der Waals surface area contributed by atoms with Crippen LogP contribution in [-0.4, -0.2) is 32.4 Å².